The Morgan fingerprint density at radius 3 is 2.50 bits per heavy atom. The van der Waals surface area contributed by atoms with Crippen LogP contribution in [0, 0.1) is 0 Å². The molecule has 22 heavy (non-hydrogen) atoms. The first-order valence-corrected chi connectivity index (χ1v) is 8.23. The minimum Gasteiger partial charge on any atom is -0.265 e. The van der Waals surface area contributed by atoms with Gasteiger partial charge in [-0.25, -0.2) is 0 Å². The first kappa shape index (κ1) is 13.3. The number of aromatic nitrogens is 1. The fraction of sp³-hybridized carbons (Fsp3) is 0.0526. The highest BCUT2D eigenvalue weighted by Crippen LogP contribution is 2.36. The van der Waals surface area contributed by atoms with Gasteiger partial charge >= 0.3 is 0 Å². The minimum atomic E-state index is 0.930. The van der Waals surface area contributed by atoms with Crippen LogP contribution in [0.3, 0.4) is 0 Å². The Labute approximate surface area is 134 Å². The smallest absolute Gasteiger partial charge is 0.205 e. The number of hydrogen-bond acceptors (Lipinski definition) is 2. The Balaban J connectivity index is 1.80. The van der Waals surface area contributed by atoms with Gasteiger partial charge in [-0.2, -0.15) is 4.58 Å². The maximum absolute atomic E-state index is 4.11. The topological polar surface area (TPSA) is 15.9 Å². The normalized spacial score (nSPS) is 13.4. The molecule has 0 aliphatic carbocycles. The summed E-state index contributed by atoms with van der Waals surface area (Å²) in [6.07, 6.45) is 5.94. The summed E-state index contributed by atoms with van der Waals surface area (Å²) >= 11 is 1.89. The van der Waals surface area contributed by atoms with E-state index in [9.17, 15) is 0 Å². The number of benzene rings is 2. The molecule has 0 spiro atoms. The van der Waals surface area contributed by atoms with Gasteiger partial charge in [0.05, 0.1) is 5.56 Å². The van der Waals surface area contributed by atoms with Gasteiger partial charge in [0.2, 0.25) is 5.69 Å². The highest BCUT2D eigenvalue weighted by molar-refractivity contribution is 7.99. The van der Waals surface area contributed by atoms with Crippen LogP contribution in [0.2, 0.25) is 0 Å². The third kappa shape index (κ3) is 2.44. The van der Waals surface area contributed by atoms with Gasteiger partial charge in [-0.15, -0.1) is 0 Å². The van der Waals surface area contributed by atoms with Crippen LogP contribution in [0.5, 0.6) is 0 Å². The molecule has 2 aromatic carbocycles. The van der Waals surface area contributed by atoms with Gasteiger partial charge < -0.3 is 0 Å². The molecule has 106 valence electrons. The molecule has 4 rings (SSSR count). The fourth-order valence-corrected chi connectivity index (χ4v) is 3.80. The Hall–Kier alpha value is -2.39. The first-order chi connectivity index (χ1) is 10.9. The summed E-state index contributed by atoms with van der Waals surface area (Å²) in [6.45, 7) is 0. The molecule has 0 radical (unpaired) electrons. The van der Waals surface area contributed by atoms with Crippen molar-refractivity contribution in [2.45, 2.75) is 4.90 Å². The molecule has 0 saturated carbocycles. The van der Waals surface area contributed by atoms with E-state index >= 15 is 0 Å². The minimum absolute atomic E-state index is 0.930. The maximum atomic E-state index is 4.11. The van der Waals surface area contributed by atoms with Crippen molar-refractivity contribution in [1.29, 1.82) is 0 Å². The van der Waals surface area contributed by atoms with Gasteiger partial charge in [0.15, 0.2) is 12.1 Å². The summed E-state index contributed by atoms with van der Waals surface area (Å²) in [7, 11) is 0. The molecule has 0 fully saturated rings. The van der Waals surface area contributed by atoms with Gasteiger partial charge in [0, 0.05) is 29.4 Å². The molecular formula is C19H15N2S+. The van der Waals surface area contributed by atoms with Crippen molar-refractivity contribution in [2.75, 3.05) is 5.88 Å². The summed E-state index contributed by atoms with van der Waals surface area (Å²) in [6, 6.07) is 21.1. The molecule has 0 atom stereocenters. The third-order valence-corrected chi connectivity index (χ3v) is 4.92. The van der Waals surface area contributed by atoms with Crippen LogP contribution in [0.4, 0.5) is 5.69 Å². The lowest BCUT2D eigenvalue weighted by atomic mass is 10.0. The number of rotatable bonds is 2. The molecule has 3 heteroatoms. The zero-order valence-electron chi connectivity index (χ0n) is 12.0. The summed E-state index contributed by atoms with van der Waals surface area (Å²) < 4.78 is 2.29. The number of fused-ring (bicyclic) bond motifs is 1. The largest absolute Gasteiger partial charge is 0.265 e. The number of pyridine rings is 1. The molecule has 0 amide bonds. The molecule has 0 saturated heterocycles. The van der Waals surface area contributed by atoms with E-state index < -0.39 is 0 Å². The van der Waals surface area contributed by atoms with E-state index in [0.717, 1.165) is 5.88 Å². The second-order valence-electron chi connectivity index (χ2n) is 5.17. The Morgan fingerprint density at radius 1 is 0.864 bits per heavy atom. The van der Waals surface area contributed by atoms with E-state index in [1.807, 2.05) is 24.2 Å². The van der Waals surface area contributed by atoms with Gasteiger partial charge in [-0.05, 0) is 29.3 Å². The van der Waals surface area contributed by atoms with Gasteiger partial charge in [0.1, 0.15) is 0 Å². The van der Waals surface area contributed by atoms with Crippen LogP contribution in [0.25, 0.3) is 11.1 Å². The Kier molecular flexibility index (Phi) is 3.49. The van der Waals surface area contributed by atoms with Crippen molar-refractivity contribution in [3.8, 4) is 11.1 Å². The lowest BCUT2D eigenvalue weighted by Gasteiger charge is -2.15. The molecule has 1 aliphatic rings. The Morgan fingerprint density at radius 2 is 1.68 bits per heavy atom. The standard InChI is InChI=1S/C19H15N2S/c1-2-6-17(7-3-1)21-13-16-5-4-8-18(19(16)22-14-21)15-9-11-20-12-10-15/h1-13H,14H2/q+1. The number of para-hydroxylation sites is 1. The molecule has 0 N–H and O–H groups in total. The summed E-state index contributed by atoms with van der Waals surface area (Å²) in [5.74, 6) is 0.930. The van der Waals surface area contributed by atoms with Crippen LogP contribution in [0.1, 0.15) is 5.56 Å². The molecule has 0 bridgehead atoms. The summed E-state index contributed by atoms with van der Waals surface area (Å²) in [5, 5.41) is 0. The molecular weight excluding hydrogens is 288 g/mol. The highest BCUT2D eigenvalue weighted by Gasteiger charge is 2.21. The van der Waals surface area contributed by atoms with E-state index in [1.165, 1.54) is 27.3 Å². The molecule has 2 nitrogen and oxygen atoms in total. The van der Waals surface area contributed by atoms with Crippen molar-refractivity contribution in [3.05, 3.63) is 78.6 Å². The third-order valence-electron chi connectivity index (χ3n) is 3.77. The maximum Gasteiger partial charge on any atom is 0.205 e. The zero-order valence-corrected chi connectivity index (χ0v) is 12.8. The lowest BCUT2D eigenvalue weighted by Crippen LogP contribution is -2.13. The second kappa shape index (κ2) is 5.78. The van der Waals surface area contributed by atoms with Gasteiger partial charge in [-0.3, -0.25) is 4.98 Å². The van der Waals surface area contributed by atoms with Crippen LogP contribution < -0.4 is 0 Å². The average molecular weight is 303 g/mol. The van der Waals surface area contributed by atoms with Crippen LogP contribution in [-0.4, -0.2) is 21.7 Å². The van der Waals surface area contributed by atoms with Crippen molar-refractivity contribution < 1.29 is 4.58 Å². The molecule has 1 aliphatic heterocycles. The van der Waals surface area contributed by atoms with Crippen molar-refractivity contribution in [3.63, 3.8) is 0 Å². The van der Waals surface area contributed by atoms with Crippen LogP contribution in [-0.2, 0) is 0 Å². The molecule has 2 heterocycles. The second-order valence-corrected chi connectivity index (χ2v) is 6.12. The van der Waals surface area contributed by atoms with E-state index in [1.54, 1.807) is 0 Å². The van der Waals surface area contributed by atoms with E-state index in [-0.39, 0.29) is 0 Å². The zero-order chi connectivity index (χ0) is 14.8. The van der Waals surface area contributed by atoms with E-state index in [0.29, 0.717) is 0 Å². The number of nitrogens with zero attached hydrogens (tertiary/aromatic N) is 2. The number of thioether (sulfide) groups is 1. The van der Waals surface area contributed by atoms with Crippen LogP contribution in [0.15, 0.2) is 78.0 Å². The van der Waals surface area contributed by atoms with Gasteiger partial charge in [-0.1, -0.05) is 42.1 Å². The SMILES string of the molecule is C1=[N+](c2ccccc2)CSc2c1cccc2-c1ccncc1. The van der Waals surface area contributed by atoms with Gasteiger partial charge in [0.25, 0.3) is 0 Å². The van der Waals surface area contributed by atoms with E-state index in [2.05, 4.69) is 76.4 Å². The number of hydrogen-bond donors (Lipinski definition) is 0. The monoisotopic (exact) mass is 303 g/mol. The predicted molar refractivity (Wildman–Crippen MR) is 91.9 cm³/mol. The van der Waals surface area contributed by atoms with Crippen molar-refractivity contribution >= 4 is 23.7 Å². The quantitative estimate of drug-likeness (QED) is 0.644. The molecule has 0 unspecified atom stereocenters. The Bertz CT molecular complexity index is 827. The van der Waals surface area contributed by atoms with Crippen LogP contribution >= 0.6 is 11.8 Å². The predicted octanol–water partition coefficient (Wildman–Crippen LogP) is 4.57. The fourth-order valence-electron chi connectivity index (χ4n) is 2.68. The van der Waals surface area contributed by atoms with Crippen molar-refractivity contribution in [1.82, 2.24) is 4.98 Å². The average Bonchev–Trinajstić information content (AvgIpc) is 2.62. The summed E-state index contributed by atoms with van der Waals surface area (Å²) in [4.78, 5) is 5.46. The lowest BCUT2D eigenvalue weighted by molar-refractivity contribution is -0.411. The highest BCUT2D eigenvalue weighted by atomic mass is 32.2. The molecule has 1 aromatic heterocycles. The van der Waals surface area contributed by atoms with E-state index in [4.69, 9.17) is 0 Å². The summed E-state index contributed by atoms with van der Waals surface area (Å²) in [5.41, 5.74) is 5.01. The van der Waals surface area contributed by atoms with Crippen molar-refractivity contribution in [2.24, 2.45) is 0 Å². The first-order valence-electron chi connectivity index (χ1n) is 7.24. The molecule has 3 aromatic rings.